The highest BCUT2D eigenvalue weighted by Crippen LogP contribution is 2.33. The van der Waals surface area contributed by atoms with E-state index < -0.39 is 47.9 Å². The predicted molar refractivity (Wildman–Crippen MR) is 113 cm³/mol. The zero-order valence-electron chi connectivity index (χ0n) is 17.3. The zero-order valence-corrected chi connectivity index (χ0v) is 17.3. The summed E-state index contributed by atoms with van der Waals surface area (Å²) in [5.74, 6) is -3.99. The van der Waals surface area contributed by atoms with Gasteiger partial charge in [-0.1, -0.05) is 29.8 Å². The van der Waals surface area contributed by atoms with Crippen LogP contribution < -0.4 is 10.3 Å². The summed E-state index contributed by atoms with van der Waals surface area (Å²) in [6.07, 6.45) is 0. The lowest BCUT2D eigenvalue weighted by Crippen LogP contribution is -2.41. The van der Waals surface area contributed by atoms with Crippen molar-refractivity contribution in [2.75, 3.05) is 11.4 Å². The average molecular weight is 430 g/mol. The number of anilines is 1. The van der Waals surface area contributed by atoms with E-state index in [1.54, 1.807) is 31.2 Å². The van der Waals surface area contributed by atoms with Gasteiger partial charge < -0.3 is 0 Å². The highest BCUT2D eigenvalue weighted by atomic mass is 16.2. The summed E-state index contributed by atoms with van der Waals surface area (Å²) in [7, 11) is 0. The van der Waals surface area contributed by atoms with Crippen molar-refractivity contribution in [1.82, 2.24) is 10.3 Å². The number of hydrogen-bond donors (Lipinski definition) is 1. The number of hydrogen-bond acceptors (Lipinski definition) is 7. The fourth-order valence-corrected chi connectivity index (χ4v) is 4.42. The lowest BCUT2D eigenvalue weighted by Gasteiger charge is -2.18. The first-order valence-corrected chi connectivity index (χ1v) is 10.1. The number of rotatable bonds is 4. The minimum atomic E-state index is -1.11. The van der Waals surface area contributed by atoms with Gasteiger partial charge in [-0.25, -0.2) is 4.90 Å². The van der Waals surface area contributed by atoms with Gasteiger partial charge in [-0.3, -0.25) is 34.3 Å². The molecular formula is C23H18N4O5. The molecule has 1 fully saturated rings. The van der Waals surface area contributed by atoms with E-state index in [4.69, 9.17) is 0 Å². The van der Waals surface area contributed by atoms with Crippen molar-refractivity contribution < 1.29 is 24.0 Å². The van der Waals surface area contributed by atoms with Gasteiger partial charge in [0, 0.05) is 0 Å². The number of carbonyl (C=O) groups is 5. The number of imide groups is 2. The molecule has 0 saturated carbocycles. The third kappa shape index (κ3) is 2.71. The Balaban J connectivity index is 1.39. The molecule has 9 heteroatoms. The highest BCUT2D eigenvalue weighted by molar-refractivity contribution is 6.49. The molecule has 2 aromatic rings. The van der Waals surface area contributed by atoms with Crippen LogP contribution in [0.4, 0.5) is 5.69 Å². The molecule has 32 heavy (non-hydrogen) atoms. The van der Waals surface area contributed by atoms with E-state index >= 15 is 0 Å². The number of carbonyl (C=O) groups excluding carboxylic acids is 5. The number of benzene rings is 2. The minimum Gasteiger partial charge on any atom is -0.296 e. The summed E-state index contributed by atoms with van der Waals surface area (Å²) in [5, 5.41) is 3.93. The molecule has 5 rings (SSSR count). The van der Waals surface area contributed by atoms with E-state index in [1.807, 2.05) is 13.0 Å². The van der Waals surface area contributed by atoms with Crippen molar-refractivity contribution in [3.05, 3.63) is 64.7 Å². The minimum absolute atomic E-state index is 0.155. The summed E-state index contributed by atoms with van der Waals surface area (Å²) < 4.78 is 0. The fourth-order valence-electron chi connectivity index (χ4n) is 4.42. The molecule has 1 saturated heterocycles. The lowest BCUT2D eigenvalue weighted by molar-refractivity contribution is -0.122. The summed E-state index contributed by atoms with van der Waals surface area (Å²) in [5.41, 5.74) is 5.08. The first-order chi connectivity index (χ1) is 15.3. The van der Waals surface area contributed by atoms with Crippen molar-refractivity contribution >= 4 is 40.8 Å². The molecule has 0 aliphatic carbocycles. The second-order valence-corrected chi connectivity index (χ2v) is 8.05. The van der Waals surface area contributed by atoms with E-state index in [0.717, 1.165) is 20.9 Å². The number of hydrazone groups is 1. The van der Waals surface area contributed by atoms with Crippen molar-refractivity contribution in [2.24, 2.45) is 11.0 Å². The van der Waals surface area contributed by atoms with Crippen LogP contribution in [0.5, 0.6) is 0 Å². The molecule has 0 unspecified atom stereocenters. The van der Waals surface area contributed by atoms with Crippen LogP contribution in [0.15, 0.2) is 47.6 Å². The van der Waals surface area contributed by atoms with Crippen molar-refractivity contribution in [1.29, 1.82) is 0 Å². The van der Waals surface area contributed by atoms with E-state index in [0.29, 0.717) is 5.69 Å². The number of Topliss-reactive ketones (excluding diaryl/α,β-unsaturated/α-hetero) is 1. The molecule has 2 atom stereocenters. The monoisotopic (exact) mass is 430 g/mol. The highest BCUT2D eigenvalue weighted by Gasteiger charge is 2.55. The van der Waals surface area contributed by atoms with Gasteiger partial charge in [0.25, 0.3) is 17.7 Å². The first-order valence-electron chi connectivity index (χ1n) is 10.1. The SMILES string of the molecule is Cc1ccc(N2C(=O)[C@H]3C(C(=O)CN4C(=O)c5ccccc5C4=O)=NN[C@H]3C2=O)c(C)c1. The smallest absolute Gasteiger partial charge is 0.261 e. The van der Waals surface area contributed by atoms with Gasteiger partial charge in [0.15, 0.2) is 5.78 Å². The molecule has 4 amide bonds. The van der Waals surface area contributed by atoms with Gasteiger partial charge in [0.05, 0.1) is 23.4 Å². The number of nitrogens with zero attached hydrogens (tertiary/aromatic N) is 3. The Morgan fingerprint density at radius 3 is 2.25 bits per heavy atom. The molecule has 0 radical (unpaired) electrons. The Kier molecular flexibility index (Phi) is 4.30. The molecule has 0 aromatic heterocycles. The average Bonchev–Trinajstić information content (AvgIpc) is 3.38. The van der Waals surface area contributed by atoms with Crippen LogP contribution in [0.2, 0.25) is 0 Å². The summed E-state index contributed by atoms with van der Waals surface area (Å²) >= 11 is 0. The lowest BCUT2D eigenvalue weighted by atomic mass is 9.95. The molecule has 1 N–H and O–H groups in total. The standard InChI is InChI=1S/C23H18N4O5/c1-11-7-8-15(12(2)9-11)27-22(31)17-18(24-25-19(17)23(27)32)16(28)10-26-20(29)13-5-3-4-6-14(13)21(26)30/h3-9,17,19,25H,10H2,1-2H3/t17-,19+/m0/s1. The van der Waals surface area contributed by atoms with Crippen LogP contribution in [-0.4, -0.2) is 52.6 Å². The molecular weight excluding hydrogens is 412 g/mol. The van der Waals surface area contributed by atoms with Gasteiger partial charge >= 0.3 is 0 Å². The maximum Gasteiger partial charge on any atom is 0.261 e. The number of ketones is 1. The van der Waals surface area contributed by atoms with Crippen LogP contribution in [0.25, 0.3) is 0 Å². The Morgan fingerprint density at radius 1 is 0.969 bits per heavy atom. The Hall–Kier alpha value is -4.14. The Labute approximate surface area is 182 Å². The third-order valence-electron chi connectivity index (χ3n) is 5.98. The van der Waals surface area contributed by atoms with Crippen LogP contribution in [-0.2, 0) is 14.4 Å². The second kappa shape index (κ2) is 6.94. The maximum absolute atomic E-state index is 13.2. The van der Waals surface area contributed by atoms with Gasteiger partial charge in [0.2, 0.25) is 5.91 Å². The van der Waals surface area contributed by atoms with Gasteiger partial charge in [-0.15, -0.1) is 0 Å². The first kappa shape index (κ1) is 19.8. The van der Waals surface area contributed by atoms with E-state index in [1.165, 1.54) is 12.1 Å². The summed E-state index contributed by atoms with van der Waals surface area (Å²) in [6, 6.07) is 10.7. The Bertz CT molecular complexity index is 1250. The maximum atomic E-state index is 13.2. The Morgan fingerprint density at radius 2 is 1.62 bits per heavy atom. The van der Waals surface area contributed by atoms with Gasteiger partial charge in [0.1, 0.15) is 17.7 Å². The largest absolute Gasteiger partial charge is 0.296 e. The van der Waals surface area contributed by atoms with Crippen LogP contribution in [0, 0.1) is 19.8 Å². The normalized spacial score (nSPS) is 21.6. The molecule has 3 heterocycles. The van der Waals surface area contributed by atoms with Crippen LogP contribution >= 0.6 is 0 Å². The van der Waals surface area contributed by atoms with E-state index in [2.05, 4.69) is 10.5 Å². The quantitative estimate of drug-likeness (QED) is 0.723. The number of fused-ring (bicyclic) bond motifs is 2. The molecule has 3 aliphatic heterocycles. The van der Waals surface area contributed by atoms with Gasteiger partial charge in [-0.05, 0) is 37.6 Å². The zero-order chi connectivity index (χ0) is 22.7. The predicted octanol–water partition coefficient (Wildman–Crippen LogP) is 0.986. The van der Waals surface area contributed by atoms with Gasteiger partial charge in [-0.2, -0.15) is 5.10 Å². The molecule has 9 nitrogen and oxygen atoms in total. The third-order valence-corrected chi connectivity index (χ3v) is 5.98. The van der Waals surface area contributed by atoms with Crippen molar-refractivity contribution in [3.8, 4) is 0 Å². The summed E-state index contributed by atoms with van der Waals surface area (Å²) in [6.45, 7) is 3.15. The van der Waals surface area contributed by atoms with Crippen LogP contribution in [0.1, 0.15) is 31.8 Å². The van der Waals surface area contributed by atoms with Crippen molar-refractivity contribution in [2.45, 2.75) is 19.9 Å². The molecule has 160 valence electrons. The number of nitrogens with one attached hydrogen (secondary N) is 1. The van der Waals surface area contributed by atoms with E-state index in [9.17, 15) is 24.0 Å². The topological polar surface area (TPSA) is 116 Å². The molecule has 0 bridgehead atoms. The summed E-state index contributed by atoms with van der Waals surface area (Å²) in [4.78, 5) is 66.2. The van der Waals surface area contributed by atoms with Crippen LogP contribution in [0.3, 0.4) is 0 Å². The number of amides is 4. The molecule has 2 aromatic carbocycles. The fraction of sp³-hybridized carbons (Fsp3) is 0.217. The van der Waals surface area contributed by atoms with E-state index in [-0.39, 0.29) is 16.8 Å². The second-order valence-electron chi connectivity index (χ2n) is 8.05. The van der Waals surface area contributed by atoms with Crippen molar-refractivity contribution in [3.63, 3.8) is 0 Å². The number of aryl methyl sites for hydroxylation is 2. The molecule has 3 aliphatic rings. The molecule has 0 spiro atoms.